The number of nitrogens with zero attached hydrogens (tertiary/aromatic N) is 1. The van der Waals surface area contributed by atoms with E-state index in [1.165, 1.54) is 0 Å². The topological polar surface area (TPSA) is 51.9 Å². The van der Waals surface area contributed by atoms with Crippen LogP contribution in [0.3, 0.4) is 0 Å². The number of para-hydroxylation sites is 1. The van der Waals surface area contributed by atoms with E-state index in [-0.39, 0.29) is 17.4 Å². The van der Waals surface area contributed by atoms with Crippen molar-refractivity contribution in [3.8, 4) is 0 Å². The summed E-state index contributed by atoms with van der Waals surface area (Å²) >= 11 is 0. The minimum absolute atomic E-state index is 0.0364. The molecule has 0 aliphatic carbocycles. The fraction of sp³-hybridized carbons (Fsp3) is 0.526. The molecule has 0 saturated carbocycles. The summed E-state index contributed by atoms with van der Waals surface area (Å²) in [6.07, 6.45) is 3.10. The van der Waals surface area contributed by atoms with Crippen molar-refractivity contribution in [2.45, 2.75) is 25.4 Å². The highest BCUT2D eigenvalue weighted by molar-refractivity contribution is 5.96. The van der Waals surface area contributed by atoms with Gasteiger partial charge in [-0.15, -0.1) is 0 Å². The largest absolute Gasteiger partial charge is 0.451 e. The van der Waals surface area contributed by atoms with Gasteiger partial charge in [0.15, 0.2) is 5.76 Å². The lowest BCUT2D eigenvalue weighted by Crippen LogP contribution is -2.58. The van der Waals surface area contributed by atoms with Gasteiger partial charge >= 0.3 is 0 Å². The van der Waals surface area contributed by atoms with Crippen LogP contribution >= 0.6 is 0 Å². The van der Waals surface area contributed by atoms with Crippen LogP contribution in [-0.2, 0) is 9.47 Å². The minimum Gasteiger partial charge on any atom is -0.451 e. The monoisotopic (exact) mass is 329 g/mol. The van der Waals surface area contributed by atoms with Crippen molar-refractivity contribution < 1.29 is 18.7 Å². The van der Waals surface area contributed by atoms with E-state index in [9.17, 15) is 4.79 Å². The fourth-order valence-corrected chi connectivity index (χ4v) is 4.20. The molecule has 2 aromatic rings. The van der Waals surface area contributed by atoms with Gasteiger partial charge in [0.1, 0.15) is 5.58 Å². The second-order valence-electron chi connectivity index (χ2n) is 6.92. The molecule has 128 valence electrons. The quantitative estimate of drug-likeness (QED) is 0.868. The van der Waals surface area contributed by atoms with Crippen LogP contribution in [0.1, 0.15) is 29.8 Å². The van der Waals surface area contributed by atoms with E-state index in [2.05, 4.69) is 0 Å². The van der Waals surface area contributed by atoms with Gasteiger partial charge in [0.2, 0.25) is 0 Å². The standard InChI is InChI=1S/C19H23NO4/c1-22-13-19-8-4-10-23-17(19)7-9-20(12-19)18(21)16-11-14-5-2-3-6-15(14)24-16/h2-3,5-6,11,17H,4,7-10,12-13H2,1H3/t17-,19+/m1/s1. The molecule has 4 rings (SSSR count). The van der Waals surface area contributed by atoms with Crippen molar-refractivity contribution in [2.24, 2.45) is 5.41 Å². The molecule has 2 saturated heterocycles. The third-order valence-electron chi connectivity index (χ3n) is 5.34. The van der Waals surface area contributed by atoms with Crippen molar-refractivity contribution in [2.75, 3.05) is 33.4 Å². The number of piperidine rings is 1. The van der Waals surface area contributed by atoms with E-state index in [0.717, 1.165) is 36.8 Å². The number of hydrogen-bond donors (Lipinski definition) is 0. The van der Waals surface area contributed by atoms with Crippen molar-refractivity contribution in [3.63, 3.8) is 0 Å². The Balaban J connectivity index is 1.58. The van der Waals surface area contributed by atoms with E-state index in [4.69, 9.17) is 13.9 Å². The van der Waals surface area contributed by atoms with Crippen molar-refractivity contribution in [1.82, 2.24) is 4.90 Å². The highest BCUT2D eigenvalue weighted by atomic mass is 16.5. The Hall–Kier alpha value is -1.85. The van der Waals surface area contributed by atoms with Crippen molar-refractivity contribution in [3.05, 3.63) is 36.1 Å². The molecule has 0 spiro atoms. The molecule has 5 nitrogen and oxygen atoms in total. The summed E-state index contributed by atoms with van der Waals surface area (Å²) in [7, 11) is 1.72. The smallest absolute Gasteiger partial charge is 0.289 e. The van der Waals surface area contributed by atoms with Gasteiger partial charge in [-0.2, -0.15) is 0 Å². The van der Waals surface area contributed by atoms with Gasteiger partial charge in [0.05, 0.1) is 12.7 Å². The minimum atomic E-state index is -0.0904. The Kier molecular flexibility index (Phi) is 4.06. The number of carbonyl (C=O) groups is 1. The number of amides is 1. The normalized spacial score (nSPS) is 27.2. The average molecular weight is 329 g/mol. The van der Waals surface area contributed by atoms with Gasteiger partial charge in [0.25, 0.3) is 5.91 Å². The number of methoxy groups -OCH3 is 1. The second kappa shape index (κ2) is 6.22. The first-order valence-corrected chi connectivity index (χ1v) is 8.60. The van der Waals surface area contributed by atoms with Gasteiger partial charge in [0, 0.05) is 37.6 Å². The molecule has 0 unspecified atom stereocenters. The van der Waals surface area contributed by atoms with Crippen molar-refractivity contribution >= 4 is 16.9 Å². The molecular formula is C19H23NO4. The van der Waals surface area contributed by atoms with Gasteiger partial charge in [-0.3, -0.25) is 4.79 Å². The van der Waals surface area contributed by atoms with Crippen molar-refractivity contribution in [1.29, 1.82) is 0 Å². The first-order valence-electron chi connectivity index (χ1n) is 8.60. The zero-order valence-electron chi connectivity index (χ0n) is 14.0. The number of rotatable bonds is 3. The Morgan fingerprint density at radius 3 is 3.12 bits per heavy atom. The summed E-state index contributed by atoms with van der Waals surface area (Å²) in [6, 6.07) is 9.55. The van der Waals surface area contributed by atoms with E-state index >= 15 is 0 Å². The zero-order chi connectivity index (χ0) is 16.6. The lowest BCUT2D eigenvalue weighted by molar-refractivity contribution is -0.142. The van der Waals surface area contributed by atoms with Crippen LogP contribution in [0.15, 0.2) is 34.7 Å². The predicted molar refractivity (Wildman–Crippen MR) is 90.0 cm³/mol. The van der Waals surface area contributed by atoms with E-state index in [1.54, 1.807) is 7.11 Å². The lowest BCUT2D eigenvalue weighted by Gasteiger charge is -2.50. The third-order valence-corrected chi connectivity index (χ3v) is 5.34. The molecule has 0 bridgehead atoms. The number of benzene rings is 1. The summed E-state index contributed by atoms with van der Waals surface area (Å²) < 4.78 is 17.2. The summed E-state index contributed by atoms with van der Waals surface area (Å²) in [5.74, 6) is 0.379. The maximum absolute atomic E-state index is 12.9. The number of fused-ring (bicyclic) bond motifs is 2. The average Bonchev–Trinajstić information content (AvgIpc) is 3.04. The second-order valence-corrected chi connectivity index (χ2v) is 6.92. The van der Waals surface area contributed by atoms with Crippen LogP contribution < -0.4 is 0 Å². The molecular weight excluding hydrogens is 306 g/mol. The molecule has 5 heteroatoms. The number of likely N-dealkylation sites (tertiary alicyclic amines) is 1. The lowest BCUT2D eigenvalue weighted by atomic mass is 9.73. The number of hydrogen-bond acceptors (Lipinski definition) is 4. The highest BCUT2D eigenvalue weighted by Gasteiger charge is 2.47. The molecule has 2 atom stereocenters. The maximum atomic E-state index is 12.9. The van der Waals surface area contributed by atoms with Gasteiger partial charge in [-0.1, -0.05) is 18.2 Å². The molecule has 3 heterocycles. The van der Waals surface area contributed by atoms with E-state index in [1.807, 2.05) is 35.2 Å². The molecule has 1 aromatic heterocycles. The van der Waals surface area contributed by atoms with Crippen LogP contribution in [0.2, 0.25) is 0 Å². The molecule has 1 amide bonds. The Labute approximate surface area is 141 Å². The van der Waals surface area contributed by atoms with Crippen LogP contribution in [0.5, 0.6) is 0 Å². The summed E-state index contributed by atoms with van der Waals surface area (Å²) in [6.45, 7) is 2.81. The first-order chi connectivity index (χ1) is 11.7. The number of carbonyl (C=O) groups excluding carboxylic acids is 1. The van der Waals surface area contributed by atoms with Crippen LogP contribution in [0.25, 0.3) is 11.0 Å². The number of ether oxygens (including phenoxy) is 2. The Morgan fingerprint density at radius 2 is 2.29 bits per heavy atom. The molecule has 2 fully saturated rings. The fourth-order valence-electron chi connectivity index (χ4n) is 4.20. The summed E-state index contributed by atoms with van der Waals surface area (Å²) in [5, 5.41) is 0.961. The number of furan rings is 1. The summed E-state index contributed by atoms with van der Waals surface area (Å²) in [4.78, 5) is 14.8. The summed E-state index contributed by atoms with van der Waals surface area (Å²) in [5.41, 5.74) is 0.663. The molecule has 0 N–H and O–H groups in total. The molecule has 1 aromatic carbocycles. The molecule has 0 radical (unpaired) electrons. The highest BCUT2D eigenvalue weighted by Crippen LogP contribution is 2.40. The van der Waals surface area contributed by atoms with Gasteiger partial charge < -0.3 is 18.8 Å². The van der Waals surface area contributed by atoms with E-state index in [0.29, 0.717) is 25.5 Å². The SMILES string of the molecule is COC[C@@]12CCCO[C@@H]1CCN(C(=O)c1cc3ccccc3o1)C2. The van der Waals surface area contributed by atoms with Gasteiger partial charge in [-0.25, -0.2) is 0 Å². The van der Waals surface area contributed by atoms with Crippen LogP contribution in [-0.4, -0.2) is 50.3 Å². The predicted octanol–water partition coefficient (Wildman–Crippen LogP) is 3.09. The Morgan fingerprint density at radius 1 is 1.42 bits per heavy atom. The van der Waals surface area contributed by atoms with E-state index < -0.39 is 0 Å². The molecule has 24 heavy (non-hydrogen) atoms. The maximum Gasteiger partial charge on any atom is 0.289 e. The van der Waals surface area contributed by atoms with Gasteiger partial charge in [-0.05, 0) is 31.4 Å². The zero-order valence-corrected chi connectivity index (χ0v) is 14.0. The first kappa shape index (κ1) is 15.7. The van der Waals surface area contributed by atoms with Crippen LogP contribution in [0.4, 0.5) is 0 Å². The molecule has 2 aliphatic rings. The molecule has 2 aliphatic heterocycles. The Bertz CT molecular complexity index is 703. The van der Waals surface area contributed by atoms with Crippen LogP contribution in [0, 0.1) is 5.41 Å². The third kappa shape index (κ3) is 2.62.